The number of H-pyrrole nitrogens is 1. The Morgan fingerprint density at radius 1 is 1.55 bits per heavy atom. The second-order valence-electron chi connectivity index (χ2n) is 2.20. The summed E-state index contributed by atoms with van der Waals surface area (Å²) >= 11 is 0. The predicted molar refractivity (Wildman–Crippen MR) is 36.6 cm³/mol. The molecule has 0 bridgehead atoms. The first-order valence-electron chi connectivity index (χ1n) is 3.15. The van der Waals surface area contributed by atoms with E-state index in [-0.39, 0.29) is 0 Å². The number of aryl methyl sites for hydroxylation is 1. The van der Waals surface area contributed by atoms with Crippen LogP contribution in [0.15, 0.2) is 17.0 Å². The smallest absolute Gasteiger partial charge is 0.138 e. The molecule has 2 heterocycles. The van der Waals surface area contributed by atoms with Crippen molar-refractivity contribution in [3.05, 3.63) is 18.0 Å². The van der Waals surface area contributed by atoms with Crippen molar-refractivity contribution in [3.63, 3.8) is 0 Å². The summed E-state index contributed by atoms with van der Waals surface area (Å²) in [5, 5.41) is 13.8. The van der Waals surface area contributed by atoms with Gasteiger partial charge in [-0.05, 0) is 6.92 Å². The fourth-order valence-corrected chi connectivity index (χ4v) is 0.850. The highest BCUT2D eigenvalue weighted by atomic mass is 16.5. The average molecular weight is 150 g/mol. The van der Waals surface area contributed by atoms with Crippen molar-refractivity contribution in [1.82, 2.24) is 20.6 Å². The molecule has 0 saturated carbocycles. The summed E-state index contributed by atoms with van der Waals surface area (Å²) < 4.78 is 4.74. The zero-order chi connectivity index (χ0) is 7.68. The van der Waals surface area contributed by atoms with Crippen molar-refractivity contribution in [2.75, 3.05) is 0 Å². The summed E-state index contributed by atoms with van der Waals surface area (Å²) in [6, 6.07) is 0. The van der Waals surface area contributed by atoms with Gasteiger partial charge in [-0.1, -0.05) is 5.16 Å². The lowest BCUT2D eigenvalue weighted by Crippen LogP contribution is -1.79. The minimum atomic E-state index is 0.705. The largest absolute Gasteiger partial charge is 0.364 e. The number of hydrogen-bond acceptors (Lipinski definition) is 4. The molecule has 2 aromatic heterocycles. The molecule has 2 aromatic rings. The minimum absolute atomic E-state index is 0.705. The topological polar surface area (TPSA) is 67.6 Å². The highest BCUT2D eigenvalue weighted by Crippen LogP contribution is 2.16. The van der Waals surface area contributed by atoms with Crippen molar-refractivity contribution in [1.29, 1.82) is 0 Å². The number of hydrogen-bond donors (Lipinski definition) is 1. The fraction of sp³-hybridized carbons (Fsp3) is 0.167. The lowest BCUT2D eigenvalue weighted by Gasteiger charge is -1.84. The molecular formula is C6H6N4O. The van der Waals surface area contributed by atoms with Crippen LogP contribution in [0.4, 0.5) is 0 Å². The standard InChI is InChI=1S/C6H6N4O/c1-4-3-11-9-6(4)5-2-7-10-8-5/h2-3H,1H3,(H,7,8,10). The molecule has 0 unspecified atom stereocenters. The van der Waals surface area contributed by atoms with Gasteiger partial charge in [0.05, 0.1) is 6.20 Å². The second-order valence-corrected chi connectivity index (χ2v) is 2.20. The Hall–Kier alpha value is -1.65. The van der Waals surface area contributed by atoms with Gasteiger partial charge in [-0.2, -0.15) is 15.4 Å². The number of nitrogens with zero attached hydrogens (tertiary/aromatic N) is 3. The first kappa shape index (κ1) is 6.09. The van der Waals surface area contributed by atoms with Gasteiger partial charge in [0.15, 0.2) is 0 Å². The molecule has 0 atom stereocenters. The van der Waals surface area contributed by atoms with E-state index in [4.69, 9.17) is 4.52 Å². The third-order valence-corrected chi connectivity index (χ3v) is 1.40. The number of nitrogens with one attached hydrogen (secondary N) is 1. The van der Waals surface area contributed by atoms with Crippen LogP contribution in [0.1, 0.15) is 5.56 Å². The van der Waals surface area contributed by atoms with Gasteiger partial charge in [0, 0.05) is 5.56 Å². The maximum atomic E-state index is 4.74. The van der Waals surface area contributed by atoms with Gasteiger partial charge in [-0.3, -0.25) is 0 Å². The Morgan fingerprint density at radius 3 is 3.00 bits per heavy atom. The molecule has 0 amide bonds. The molecular weight excluding hydrogens is 144 g/mol. The van der Waals surface area contributed by atoms with Gasteiger partial charge in [0.1, 0.15) is 17.7 Å². The molecule has 0 aliphatic rings. The maximum absolute atomic E-state index is 4.74. The molecule has 0 spiro atoms. The third-order valence-electron chi connectivity index (χ3n) is 1.40. The summed E-state index contributed by atoms with van der Waals surface area (Å²) in [6.45, 7) is 1.90. The van der Waals surface area contributed by atoms with Crippen molar-refractivity contribution in [2.45, 2.75) is 6.92 Å². The summed E-state index contributed by atoms with van der Waals surface area (Å²) in [4.78, 5) is 0. The fourth-order valence-electron chi connectivity index (χ4n) is 0.850. The van der Waals surface area contributed by atoms with Crippen LogP contribution in [-0.2, 0) is 0 Å². The second kappa shape index (κ2) is 2.19. The average Bonchev–Trinajstić information content (AvgIpc) is 2.55. The van der Waals surface area contributed by atoms with Gasteiger partial charge >= 0.3 is 0 Å². The van der Waals surface area contributed by atoms with Gasteiger partial charge < -0.3 is 4.52 Å². The van der Waals surface area contributed by atoms with E-state index in [0.29, 0.717) is 5.69 Å². The van der Waals surface area contributed by atoms with E-state index in [1.54, 1.807) is 12.5 Å². The SMILES string of the molecule is Cc1conc1-c1cn[nH]n1. The van der Waals surface area contributed by atoms with Gasteiger partial charge in [-0.25, -0.2) is 0 Å². The highest BCUT2D eigenvalue weighted by molar-refractivity contribution is 5.55. The normalized spacial score (nSPS) is 10.3. The van der Waals surface area contributed by atoms with E-state index in [1.165, 1.54) is 0 Å². The predicted octanol–water partition coefficient (Wildman–Crippen LogP) is 0.768. The van der Waals surface area contributed by atoms with Crippen LogP contribution in [-0.4, -0.2) is 20.6 Å². The zero-order valence-corrected chi connectivity index (χ0v) is 5.90. The summed E-state index contributed by atoms with van der Waals surface area (Å²) in [5.74, 6) is 0. The Morgan fingerprint density at radius 2 is 2.45 bits per heavy atom. The Bertz CT molecular complexity index is 337. The molecule has 5 heteroatoms. The van der Waals surface area contributed by atoms with E-state index in [2.05, 4.69) is 20.6 Å². The van der Waals surface area contributed by atoms with Crippen molar-refractivity contribution in [2.24, 2.45) is 0 Å². The third kappa shape index (κ3) is 0.899. The Balaban J connectivity index is 2.53. The summed E-state index contributed by atoms with van der Waals surface area (Å²) in [5.41, 5.74) is 2.40. The molecule has 11 heavy (non-hydrogen) atoms. The van der Waals surface area contributed by atoms with Crippen LogP contribution in [0.3, 0.4) is 0 Å². The van der Waals surface area contributed by atoms with Gasteiger partial charge in [0.25, 0.3) is 0 Å². The molecule has 56 valence electrons. The molecule has 0 saturated heterocycles. The first-order valence-corrected chi connectivity index (χ1v) is 3.15. The van der Waals surface area contributed by atoms with Crippen LogP contribution in [0.25, 0.3) is 11.4 Å². The van der Waals surface area contributed by atoms with Crippen LogP contribution < -0.4 is 0 Å². The van der Waals surface area contributed by atoms with Crippen molar-refractivity contribution in [3.8, 4) is 11.4 Å². The van der Waals surface area contributed by atoms with E-state index in [0.717, 1.165) is 11.3 Å². The molecule has 0 aromatic carbocycles. The van der Waals surface area contributed by atoms with Gasteiger partial charge in [-0.15, -0.1) is 0 Å². The molecule has 0 aliphatic heterocycles. The van der Waals surface area contributed by atoms with E-state index in [9.17, 15) is 0 Å². The number of aromatic amines is 1. The van der Waals surface area contributed by atoms with Crippen LogP contribution >= 0.6 is 0 Å². The van der Waals surface area contributed by atoms with E-state index < -0.39 is 0 Å². The van der Waals surface area contributed by atoms with E-state index in [1.807, 2.05) is 6.92 Å². The molecule has 0 fully saturated rings. The monoisotopic (exact) mass is 150 g/mol. The van der Waals surface area contributed by atoms with Crippen LogP contribution in [0.5, 0.6) is 0 Å². The number of aromatic nitrogens is 4. The van der Waals surface area contributed by atoms with Gasteiger partial charge in [0.2, 0.25) is 0 Å². The van der Waals surface area contributed by atoms with Crippen molar-refractivity contribution >= 4 is 0 Å². The molecule has 1 N–H and O–H groups in total. The van der Waals surface area contributed by atoms with E-state index >= 15 is 0 Å². The van der Waals surface area contributed by atoms with Crippen LogP contribution in [0, 0.1) is 6.92 Å². The quantitative estimate of drug-likeness (QED) is 0.651. The molecule has 0 radical (unpaired) electrons. The van der Waals surface area contributed by atoms with Crippen molar-refractivity contribution < 1.29 is 4.52 Å². The zero-order valence-electron chi connectivity index (χ0n) is 5.90. The maximum Gasteiger partial charge on any atom is 0.138 e. The highest BCUT2D eigenvalue weighted by Gasteiger charge is 2.07. The summed E-state index contributed by atoms with van der Waals surface area (Å²) in [6.07, 6.45) is 3.18. The number of rotatable bonds is 1. The molecule has 5 nitrogen and oxygen atoms in total. The van der Waals surface area contributed by atoms with Crippen LogP contribution in [0.2, 0.25) is 0 Å². The first-order chi connectivity index (χ1) is 5.38. The lowest BCUT2D eigenvalue weighted by molar-refractivity contribution is 0.421. The molecule has 2 rings (SSSR count). The lowest BCUT2D eigenvalue weighted by atomic mass is 10.2. The molecule has 0 aliphatic carbocycles. The Labute approximate surface area is 62.4 Å². The Kier molecular flexibility index (Phi) is 1.21. The minimum Gasteiger partial charge on any atom is -0.364 e. The summed E-state index contributed by atoms with van der Waals surface area (Å²) in [7, 11) is 0.